The lowest BCUT2D eigenvalue weighted by Crippen LogP contribution is -1.75. The Morgan fingerprint density at radius 2 is 1.83 bits per heavy atom. The van der Waals surface area contributed by atoms with E-state index in [1.54, 1.807) is 0 Å². The van der Waals surface area contributed by atoms with E-state index in [-0.39, 0.29) is 0 Å². The topological polar surface area (TPSA) is 37.3 Å². The van der Waals surface area contributed by atoms with E-state index < -0.39 is 14.2 Å². The summed E-state index contributed by atoms with van der Waals surface area (Å²) in [6.07, 6.45) is -3.05. The van der Waals surface area contributed by atoms with E-state index in [4.69, 9.17) is 9.46 Å². The van der Waals surface area contributed by atoms with E-state index in [1.165, 1.54) is 0 Å². The molecule has 0 aromatic carbocycles. The predicted molar refractivity (Wildman–Crippen MR) is 17.2 cm³/mol. The lowest BCUT2D eigenvalue weighted by molar-refractivity contribution is 0.222. The molecule has 0 bridgehead atoms. The molecular formula is CH3F2O2P. The molecule has 0 aliphatic heterocycles. The van der Waals surface area contributed by atoms with Crippen molar-refractivity contribution in [3.8, 4) is 0 Å². The number of halogens is 2. The maximum absolute atomic E-state index is 10.6. The normalized spacial score (nSPS) is 15.3. The summed E-state index contributed by atoms with van der Waals surface area (Å²) in [6.45, 7) is 0. The van der Waals surface area contributed by atoms with Gasteiger partial charge in [-0.25, -0.2) is 0 Å². The Bertz CT molecular complexity index is 62.6. The summed E-state index contributed by atoms with van der Waals surface area (Å²) in [7, 11) is -3.53. The number of alkyl halides is 2. The van der Waals surface area contributed by atoms with Crippen LogP contribution in [0.2, 0.25) is 0 Å². The van der Waals surface area contributed by atoms with Gasteiger partial charge in [0.1, 0.15) is 0 Å². The summed E-state index contributed by atoms with van der Waals surface area (Å²) in [6, 6.07) is 0. The first-order valence-corrected chi connectivity index (χ1v) is 2.59. The Hall–Kier alpha value is 0.0500. The Morgan fingerprint density at radius 1 is 1.67 bits per heavy atom. The van der Waals surface area contributed by atoms with Crippen molar-refractivity contribution in [1.29, 1.82) is 0 Å². The van der Waals surface area contributed by atoms with Crippen molar-refractivity contribution in [2.45, 2.75) is 6.17 Å². The molecule has 0 saturated carbocycles. The Kier molecular flexibility index (Phi) is 2.28. The van der Waals surface area contributed by atoms with Crippen LogP contribution in [-0.2, 0) is 4.57 Å². The number of hydrogen-bond donors (Lipinski definition) is 1. The van der Waals surface area contributed by atoms with Gasteiger partial charge in [-0.2, -0.15) is 8.78 Å². The van der Waals surface area contributed by atoms with Crippen LogP contribution in [-0.4, -0.2) is 11.1 Å². The fraction of sp³-hybridized carbons (Fsp3) is 1.00. The van der Waals surface area contributed by atoms with E-state index in [2.05, 4.69) is 0 Å². The first-order valence-electron chi connectivity index (χ1n) is 1.15. The van der Waals surface area contributed by atoms with Crippen LogP contribution in [0.1, 0.15) is 0 Å². The van der Waals surface area contributed by atoms with Crippen molar-refractivity contribution in [3.05, 3.63) is 0 Å². The van der Waals surface area contributed by atoms with Crippen LogP contribution in [0.5, 0.6) is 0 Å². The van der Waals surface area contributed by atoms with Gasteiger partial charge in [-0.3, -0.25) is 4.57 Å². The molecular weight excluding hydrogens is 113 g/mol. The molecule has 0 amide bonds. The summed E-state index contributed by atoms with van der Waals surface area (Å²) in [5, 5.41) is 0. The van der Waals surface area contributed by atoms with Gasteiger partial charge in [0.25, 0.3) is 8.03 Å². The van der Waals surface area contributed by atoms with Gasteiger partial charge >= 0.3 is 6.17 Å². The molecule has 0 aromatic rings. The molecule has 0 aromatic heterocycles. The van der Waals surface area contributed by atoms with Gasteiger partial charge < -0.3 is 4.89 Å². The average molecular weight is 116 g/mol. The molecule has 6 heavy (non-hydrogen) atoms. The van der Waals surface area contributed by atoms with Gasteiger partial charge in [-0.05, 0) is 0 Å². The van der Waals surface area contributed by atoms with E-state index in [9.17, 15) is 8.78 Å². The van der Waals surface area contributed by atoms with Crippen molar-refractivity contribution < 1.29 is 18.2 Å². The molecule has 5 heteroatoms. The van der Waals surface area contributed by atoms with Gasteiger partial charge in [0, 0.05) is 0 Å². The molecule has 0 heterocycles. The summed E-state index contributed by atoms with van der Waals surface area (Å²) < 4.78 is 30.4. The van der Waals surface area contributed by atoms with Crippen molar-refractivity contribution >= 4 is 8.03 Å². The molecule has 0 aliphatic carbocycles. The fourth-order valence-electron chi connectivity index (χ4n) is 0. The summed E-state index contributed by atoms with van der Waals surface area (Å²) >= 11 is 0. The third-order valence-electron chi connectivity index (χ3n) is 0.187. The standard InChI is InChI=1S/CH3F2O2P/c2-1(3)6(4)5/h1,6H,(H,4,5). The van der Waals surface area contributed by atoms with Crippen molar-refractivity contribution in [3.63, 3.8) is 0 Å². The van der Waals surface area contributed by atoms with Gasteiger partial charge in [-0.15, -0.1) is 0 Å². The molecule has 1 atom stereocenters. The zero-order valence-electron chi connectivity index (χ0n) is 2.69. The van der Waals surface area contributed by atoms with Gasteiger partial charge in [0.15, 0.2) is 0 Å². The zero-order valence-corrected chi connectivity index (χ0v) is 3.69. The number of hydrogen-bond acceptors (Lipinski definition) is 1. The van der Waals surface area contributed by atoms with E-state index in [0.29, 0.717) is 0 Å². The van der Waals surface area contributed by atoms with Crippen LogP contribution in [0.15, 0.2) is 0 Å². The third kappa shape index (κ3) is 2.30. The monoisotopic (exact) mass is 116 g/mol. The molecule has 0 fully saturated rings. The highest BCUT2D eigenvalue weighted by molar-refractivity contribution is 7.38. The van der Waals surface area contributed by atoms with Gasteiger partial charge in [-0.1, -0.05) is 0 Å². The highest BCUT2D eigenvalue weighted by Crippen LogP contribution is 2.23. The third-order valence-corrected chi connectivity index (χ3v) is 0.560. The van der Waals surface area contributed by atoms with Crippen LogP contribution in [0.25, 0.3) is 0 Å². The van der Waals surface area contributed by atoms with Crippen LogP contribution in [0.3, 0.4) is 0 Å². The SMILES string of the molecule is O=[PH](O)C(F)F. The summed E-state index contributed by atoms with van der Waals surface area (Å²) in [5.74, 6) is 0. The molecule has 1 N–H and O–H groups in total. The van der Waals surface area contributed by atoms with E-state index >= 15 is 0 Å². The highest BCUT2D eigenvalue weighted by Gasteiger charge is 2.05. The molecule has 38 valence electrons. The molecule has 1 unspecified atom stereocenters. The number of rotatable bonds is 1. The highest BCUT2D eigenvalue weighted by atomic mass is 31.1. The lowest BCUT2D eigenvalue weighted by atomic mass is 11.7. The smallest absolute Gasteiger partial charge is 0.310 e. The second-order valence-corrected chi connectivity index (χ2v) is 1.75. The van der Waals surface area contributed by atoms with Crippen molar-refractivity contribution in [2.24, 2.45) is 0 Å². The van der Waals surface area contributed by atoms with Crippen LogP contribution < -0.4 is 0 Å². The minimum atomic E-state index is -3.53. The fourth-order valence-corrected chi connectivity index (χ4v) is 0. The minimum Gasteiger partial charge on any atom is -0.342 e. The predicted octanol–water partition coefficient (Wildman–Crippen LogP) is 0.676. The van der Waals surface area contributed by atoms with E-state index in [0.717, 1.165) is 0 Å². The molecule has 0 radical (unpaired) electrons. The van der Waals surface area contributed by atoms with Gasteiger partial charge in [0.2, 0.25) is 0 Å². The first kappa shape index (κ1) is 6.05. The van der Waals surface area contributed by atoms with Crippen molar-refractivity contribution in [1.82, 2.24) is 0 Å². The molecule has 0 aliphatic rings. The maximum Gasteiger partial charge on any atom is 0.310 e. The average Bonchev–Trinajstić information content (AvgIpc) is 1.36. The van der Waals surface area contributed by atoms with Crippen LogP contribution >= 0.6 is 8.03 Å². The Morgan fingerprint density at radius 3 is 1.83 bits per heavy atom. The molecule has 0 rings (SSSR count). The van der Waals surface area contributed by atoms with E-state index in [1.807, 2.05) is 0 Å². The van der Waals surface area contributed by atoms with Crippen LogP contribution in [0.4, 0.5) is 8.78 Å². The largest absolute Gasteiger partial charge is 0.342 e. The molecule has 2 nitrogen and oxygen atoms in total. The molecule has 0 saturated heterocycles. The van der Waals surface area contributed by atoms with Crippen molar-refractivity contribution in [2.75, 3.05) is 0 Å². The Balaban J connectivity index is 3.26. The second kappa shape index (κ2) is 2.26. The minimum absolute atomic E-state index is 3.05. The maximum atomic E-state index is 10.6. The quantitative estimate of drug-likeness (QED) is 0.511. The zero-order chi connectivity index (χ0) is 5.15. The summed E-state index contributed by atoms with van der Waals surface area (Å²) in [5.41, 5.74) is 0. The molecule has 0 spiro atoms. The lowest BCUT2D eigenvalue weighted by Gasteiger charge is -1.83. The second-order valence-electron chi connectivity index (χ2n) is 0.639. The first-order chi connectivity index (χ1) is 2.64. The Labute approximate surface area is 33.7 Å². The van der Waals surface area contributed by atoms with Gasteiger partial charge in [0.05, 0.1) is 0 Å². The summed E-state index contributed by atoms with van der Waals surface area (Å²) in [4.78, 5) is 7.43. The van der Waals surface area contributed by atoms with Crippen LogP contribution in [0, 0.1) is 0 Å².